The molecular formula is CaCr2K2O8. The third-order valence-electron chi connectivity index (χ3n) is 0. The number of hydrogen-bond donors (Lipinski definition) is 0. The summed E-state index contributed by atoms with van der Waals surface area (Å²) in [5.41, 5.74) is 0. The molecule has 0 aromatic rings. The van der Waals surface area contributed by atoms with Crippen molar-refractivity contribution >= 4 is 37.7 Å². The maximum absolute atomic E-state index is 8.59. The van der Waals surface area contributed by atoms with E-state index in [2.05, 4.69) is 0 Å². The van der Waals surface area contributed by atoms with Gasteiger partial charge in [-0.25, -0.2) is 0 Å². The Hall–Kier alpha value is 4.64. The summed E-state index contributed by atoms with van der Waals surface area (Å²) >= 11 is -11.5. The maximum atomic E-state index is 8.59. The second-order valence-electron chi connectivity index (χ2n) is 0.816. The Bertz CT molecular complexity index is 217. The van der Waals surface area contributed by atoms with Gasteiger partial charge in [0, 0.05) is 0 Å². The number of rotatable bonds is 0. The van der Waals surface area contributed by atoms with Crippen LogP contribution < -0.4 is 119 Å². The second kappa shape index (κ2) is 14.7. The Morgan fingerprint density at radius 1 is 0.615 bits per heavy atom. The summed E-state index contributed by atoms with van der Waals surface area (Å²) in [6.45, 7) is 0. The summed E-state index contributed by atoms with van der Waals surface area (Å²) < 4.78 is 68.8. The molecule has 64 valence electrons. The van der Waals surface area contributed by atoms with Gasteiger partial charge < -0.3 is 0 Å². The van der Waals surface area contributed by atoms with Crippen LogP contribution in [-0.2, 0) is 42.4 Å². The topological polar surface area (TPSA) is 161 Å². The fourth-order valence-electron chi connectivity index (χ4n) is 0. The minimum absolute atomic E-state index is 0. The van der Waals surface area contributed by atoms with Crippen molar-refractivity contribution < 1.29 is 162 Å². The number of hydrogen-bond acceptors (Lipinski definition) is 8. The van der Waals surface area contributed by atoms with Crippen LogP contribution in [0.15, 0.2) is 0 Å². The Balaban J connectivity index is -0.0000000267. The molecule has 0 atom stereocenters. The summed E-state index contributed by atoms with van der Waals surface area (Å²) in [5.74, 6) is 0. The van der Waals surface area contributed by atoms with Crippen LogP contribution in [0.4, 0.5) is 0 Å². The van der Waals surface area contributed by atoms with Crippen molar-refractivity contribution in [1.29, 1.82) is 0 Å². The zero-order valence-corrected chi connectivity index (χ0v) is 17.8. The molecule has 0 aliphatic carbocycles. The van der Waals surface area contributed by atoms with Gasteiger partial charge in [-0.2, -0.15) is 0 Å². The van der Waals surface area contributed by atoms with Crippen molar-refractivity contribution in [3.63, 3.8) is 0 Å². The first kappa shape index (κ1) is 30.6. The van der Waals surface area contributed by atoms with Gasteiger partial charge in [-0.3, -0.25) is 0 Å². The van der Waals surface area contributed by atoms with E-state index in [1.807, 2.05) is 0 Å². The van der Waals surface area contributed by atoms with E-state index >= 15 is 0 Å². The molecule has 0 unspecified atom stereocenters. The first-order chi connectivity index (χ1) is 4.00. The van der Waals surface area contributed by atoms with Crippen LogP contribution in [0.2, 0.25) is 0 Å². The van der Waals surface area contributed by atoms with Crippen LogP contribution in [0, 0.1) is 0 Å². The Labute approximate surface area is 193 Å². The van der Waals surface area contributed by atoms with Gasteiger partial charge >= 0.3 is 200 Å². The van der Waals surface area contributed by atoms with E-state index in [1.54, 1.807) is 0 Å². The average molecular weight is 350 g/mol. The van der Waals surface area contributed by atoms with Gasteiger partial charge in [0.25, 0.3) is 0 Å². The van der Waals surface area contributed by atoms with Crippen LogP contribution in [0.3, 0.4) is 0 Å². The summed E-state index contributed by atoms with van der Waals surface area (Å²) in [5, 5.41) is 0. The third-order valence-corrected chi connectivity index (χ3v) is 0. The van der Waals surface area contributed by atoms with Crippen LogP contribution in [0.25, 0.3) is 0 Å². The molecule has 0 radical (unpaired) electrons. The summed E-state index contributed by atoms with van der Waals surface area (Å²) in [4.78, 5) is 0. The Morgan fingerprint density at radius 3 is 0.615 bits per heavy atom. The van der Waals surface area contributed by atoms with E-state index in [1.165, 1.54) is 0 Å². The van der Waals surface area contributed by atoms with Crippen LogP contribution in [0.1, 0.15) is 0 Å². The van der Waals surface area contributed by atoms with E-state index in [0.717, 1.165) is 0 Å². The van der Waals surface area contributed by atoms with E-state index in [0.29, 0.717) is 0 Å². The van der Waals surface area contributed by atoms with Crippen LogP contribution in [0.5, 0.6) is 0 Å². The predicted octanol–water partition coefficient (Wildman–Crippen LogP) is -11.6. The van der Waals surface area contributed by atoms with Crippen molar-refractivity contribution in [3.8, 4) is 0 Å². The third kappa shape index (κ3) is 166. The van der Waals surface area contributed by atoms with Crippen LogP contribution in [-0.4, -0.2) is 37.7 Å². The molecule has 0 N–H and O–H groups in total. The summed E-state index contributed by atoms with van der Waals surface area (Å²) in [7, 11) is 0. The molecular weight excluding hydrogens is 350 g/mol. The molecule has 0 aliphatic rings. The monoisotopic (exact) mass is 350 g/mol. The van der Waals surface area contributed by atoms with Gasteiger partial charge in [0.1, 0.15) is 0 Å². The average Bonchev–Trinajstić information content (AvgIpc) is 1.12. The summed E-state index contributed by atoms with van der Waals surface area (Å²) in [6.07, 6.45) is 0. The molecule has 0 bridgehead atoms. The minimum atomic E-state index is -5.75. The molecule has 0 aromatic carbocycles. The van der Waals surface area contributed by atoms with Crippen molar-refractivity contribution in [2.75, 3.05) is 0 Å². The van der Waals surface area contributed by atoms with Crippen molar-refractivity contribution in [2.24, 2.45) is 0 Å². The van der Waals surface area contributed by atoms with E-state index in [9.17, 15) is 0 Å². The first-order valence-electron chi connectivity index (χ1n) is 1.33. The van der Waals surface area contributed by atoms with E-state index in [-0.39, 0.29) is 141 Å². The first-order valence-corrected chi connectivity index (χ1v) is 5.50. The van der Waals surface area contributed by atoms with Gasteiger partial charge in [-0.05, 0) is 0 Å². The Morgan fingerprint density at radius 2 is 0.615 bits per heavy atom. The molecule has 0 heterocycles. The molecule has 0 amide bonds. The predicted molar refractivity (Wildman–Crippen MR) is 8.50 cm³/mol. The van der Waals surface area contributed by atoms with Gasteiger partial charge in [0.05, 0.1) is 0 Å². The van der Waals surface area contributed by atoms with E-state index < -0.39 is 27.2 Å². The molecule has 0 aromatic heterocycles. The normalized spacial score (nSPS) is 8.92. The zero-order valence-electron chi connectivity index (χ0n) is 6.79. The molecule has 0 saturated carbocycles. The van der Waals surface area contributed by atoms with Crippen LogP contribution >= 0.6 is 0 Å². The van der Waals surface area contributed by atoms with Crippen molar-refractivity contribution in [2.45, 2.75) is 0 Å². The van der Waals surface area contributed by atoms with Crippen molar-refractivity contribution in [1.82, 2.24) is 0 Å². The molecule has 13 heavy (non-hydrogen) atoms. The van der Waals surface area contributed by atoms with Crippen molar-refractivity contribution in [3.05, 3.63) is 0 Å². The molecule has 0 aliphatic heterocycles. The second-order valence-corrected chi connectivity index (χ2v) is 3.37. The molecule has 0 rings (SSSR count). The van der Waals surface area contributed by atoms with Gasteiger partial charge in [0.15, 0.2) is 0 Å². The fourth-order valence-corrected chi connectivity index (χ4v) is 0. The quantitative estimate of drug-likeness (QED) is 0.389. The van der Waals surface area contributed by atoms with Gasteiger partial charge in [-0.15, -0.1) is 0 Å². The zero-order chi connectivity index (χ0) is 9.00. The summed E-state index contributed by atoms with van der Waals surface area (Å²) in [6, 6.07) is 0. The van der Waals surface area contributed by atoms with Gasteiger partial charge in [-0.1, -0.05) is 0 Å². The molecule has 0 fully saturated rings. The molecule has 8 nitrogen and oxygen atoms in total. The molecule has 0 saturated heterocycles. The molecule has 13 heteroatoms. The fraction of sp³-hybridized carbons (Fsp3) is 0. The standard InChI is InChI=1S/Ca.2Cr.2K.8O/q+2;;;2*+1;;;;;4*-1. The molecule has 0 spiro atoms. The van der Waals surface area contributed by atoms with E-state index in [4.69, 9.17) is 31.8 Å². The van der Waals surface area contributed by atoms with Gasteiger partial charge in [0.2, 0.25) is 0 Å². The SMILES string of the molecule is [Ca+2].[K+].[K+].[O]=[Cr](=[O])([O-])[O-].[O]=[Cr](=[O])([O-])[O-]. The Kier molecular flexibility index (Phi) is 34.6.